The third kappa shape index (κ3) is 2.07. The average Bonchev–Trinajstić information content (AvgIpc) is 2.56. The van der Waals surface area contributed by atoms with Crippen LogP contribution in [0.3, 0.4) is 0 Å². The second-order valence-corrected chi connectivity index (χ2v) is 3.15. The molecule has 1 heteroatoms. The molecular weight excluding hydrogens is 192 g/mol. The lowest BCUT2D eigenvalue weighted by Crippen LogP contribution is -1.81. The second-order valence-electron chi connectivity index (χ2n) is 2.78. The van der Waals surface area contributed by atoms with Gasteiger partial charge < -0.3 is 0 Å². The Morgan fingerprint density at radius 3 is 2.79 bits per heavy atom. The molecule has 0 spiro atoms. The minimum Gasteiger partial charge on any atom is -0.125 e. The zero-order chi connectivity index (χ0) is 10.6. The predicted molar refractivity (Wildman–Crippen MR) is 62.1 cm³/mol. The number of allylic oxidation sites excluding steroid dienone is 7. The van der Waals surface area contributed by atoms with Gasteiger partial charge >= 0.3 is 0 Å². The maximum Gasteiger partial charge on any atom is 0.0897 e. The fourth-order valence-corrected chi connectivity index (χ4v) is 1.32. The zero-order valence-corrected chi connectivity index (χ0v) is 8.86. The van der Waals surface area contributed by atoms with Crippen LogP contribution < -0.4 is 0 Å². The van der Waals surface area contributed by atoms with Crippen molar-refractivity contribution in [3.05, 3.63) is 70.7 Å². The maximum atomic E-state index is 5.95. The van der Waals surface area contributed by atoms with Gasteiger partial charge in [-0.3, -0.25) is 0 Å². The summed E-state index contributed by atoms with van der Waals surface area (Å²) in [4.78, 5) is 0. The molecule has 0 saturated carbocycles. The Bertz CT molecular complexity index is 432. The van der Waals surface area contributed by atoms with E-state index >= 15 is 0 Å². The molecule has 0 aromatic heterocycles. The Hall–Kier alpha value is -1.45. The summed E-state index contributed by atoms with van der Waals surface area (Å²) in [5, 5.41) is 0.518. The van der Waals surface area contributed by atoms with Crippen molar-refractivity contribution in [1.29, 1.82) is 0 Å². The lowest BCUT2D eigenvalue weighted by Gasteiger charge is -1.99. The van der Waals surface area contributed by atoms with E-state index < -0.39 is 0 Å². The third-order valence-corrected chi connectivity index (χ3v) is 2.21. The van der Waals surface area contributed by atoms with Crippen LogP contribution in [0.15, 0.2) is 70.7 Å². The molecule has 0 fully saturated rings. The van der Waals surface area contributed by atoms with Gasteiger partial charge in [0.1, 0.15) is 0 Å². The third-order valence-electron chi connectivity index (χ3n) is 1.87. The Labute approximate surface area is 89.6 Å². The van der Waals surface area contributed by atoms with Crippen LogP contribution in [-0.2, 0) is 0 Å². The van der Waals surface area contributed by atoms with Crippen LogP contribution in [0.2, 0.25) is 0 Å². The van der Waals surface area contributed by atoms with Crippen molar-refractivity contribution in [3.8, 4) is 0 Å². The van der Waals surface area contributed by atoms with Crippen molar-refractivity contribution < 1.29 is 0 Å². The summed E-state index contributed by atoms with van der Waals surface area (Å²) in [6.07, 6.45) is 7.52. The first-order valence-electron chi connectivity index (χ1n) is 4.25. The summed E-state index contributed by atoms with van der Waals surface area (Å²) in [7, 11) is 0. The SMILES string of the molecule is C=C=C(Cl)C1=C(C=C=CC)C(=C)C=C1. The molecule has 1 aliphatic rings. The van der Waals surface area contributed by atoms with Crippen LogP contribution in [0.25, 0.3) is 0 Å². The fourth-order valence-electron chi connectivity index (χ4n) is 1.16. The minimum atomic E-state index is 0.518. The van der Waals surface area contributed by atoms with E-state index in [-0.39, 0.29) is 0 Å². The van der Waals surface area contributed by atoms with Crippen molar-refractivity contribution in [1.82, 2.24) is 0 Å². The first kappa shape index (κ1) is 10.6. The molecule has 70 valence electrons. The highest BCUT2D eigenvalue weighted by molar-refractivity contribution is 6.32. The standard InChI is InChI=1S/C13H11Cl/c1-4-6-7-11-10(3)8-9-12(11)13(14)5-2/h4,7-9H,2-3H2,1H3. The highest BCUT2D eigenvalue weighted by Crippen LogP contribution is 2.30. The molecule has 0 aliphatic heterocycles. The summed E-state index contributed by atoms with van der Waals surface area (Å²) in [6, 6.07) is 0. The topological polar surface area (TPSA) is 0 Å². The first-order chi connectivity index (χ1) is 6.70. The van der Waals surface area contributed by atoms with E-state index in [4.69, 9.17) is 11.6 Å². The molecular formula is C13H11Cl. The minimum absolute atomic E-state index is 0.518. The van der Waals surface area contributed by atoms with Crippen molar-refractivity contribution in [2.75, 3.05) is 0 Å². The van der Waals surface area contributed by atoms with Gasteiger partial charge in [-0.15, -0.1) is 11.5 Å². The lowest BCUT2D eigenvalue weighted by molar-refractivity contribution is 1.56. The molecule has 1 aliphatic carbocycles. The summed E-state index contributed by atoms with van der Waals surface area (Å²) in [5.41, 5.74) is 8.47. The molecule has 0 bridgehead atoms. The van der Waals surface area contributed by atoms with Crippen molar-refractivity contribution in [3.63, 3.8) is 0 Å². The number of rotatable bonds is 2. The average molecular weight is 203 g/mol. The monoisotopic (exact) mass is 202 g/mol. The van der Waals surface area contributed by atoms with Crippen LogP contribution in [0, 0.1) is 0 Å². The molecule has 0 amide bonds. The summed E-state index contributed by atoms with van der Waals surface area (Å²) < 4.78 is 0. The number of hydrogen-bond acceptors (Lipinski definition) is 0. The normalized spacial score (nSPS) is 13.7. The van der Waals surface area contributed by atoms with Gasteiger partial charge in [-0.05, 0) is 30.2 Å². The Kier molecular flexibility index (Phi) is 3.56. The largest absolute Gasteiger partial charge is 0.125 e. The van der Waals surface area contributed by atoms with E-state index in [2.05, 4.69) is 24.6 Å². The Balaban J connectivity index is 3.27. The van der Waals surface area contributed by atoms with E-state index in [1.807, 2.05) is 31.2 Å². The Morgan fingerprint density at radius 2 is 2.21 bits per heavy atom. The second kappa shape index (κ2) is 4.69. The summed E-state index contributed by atoms with van der Waals surface area (Å²) >= 11 is 5.95. The van der Waals surface area contributed by atoms with Crippen LogP contribution in [0.4, 0.5) is 0 Å². The first-order valence-corrected chi connectivity index (χ1v) is 4.63. The molecule has 0 aromatic rings. The fraction of sp³-hybridized carbons (Fsp3) is 0.0769. The molecule has 0 radical (unpaired) electrons. The zero-order valence-electron chi connectivity index (χ0n) is 8.10. The van der Waals surface area contributed by atoms with Gasteiger partial charge in [0.05, 0.1) is 5.03 Å². The van der Waals surface area contributed by atoms with Gasteiger partial charge in [0.2, 0.25) is 0 Å². The van der Waals surface area contributed by atoms with Crippen molar-refractivity contribution in [2.24, 2.45) is 0 Å². The summed E-state index contributed by atoms with van der Waals surface area (Å²) in [5.74, 6) is 0. The highest BCUT2D eigenvalue weighted by atomic mass is 35.5. The van der Waals surface area contributed by atoms with Gasteiger partial charge in [-0.1, -0.05) is 36.9 Å². The van der Waals surface area contributed by atoms with Gasteiger partial charge in [0, 0.05) is 5.57 Å². The number of halogens is 1. The van der Waals surface area contributed by atoms with Gasteiger partial charge in [-0.25, -0.2) is 0 Å². The molecule has 0 atom stereocenters. The molecule has 0 unspecified atom stereocenters. The molecule has 0 aromatic carbocycles. The van der Waals surface area contributed by atoms with Gasteiger partial charge in [-0.2, -0.15) is 0 Å². The number of hydrogen-bond donors (Lipinski definition) is 0. The van der Waals surface area contributed by atoms with Crippen molar-refractivity contribution in [2.45, 2.75) is 6.92 Å². The summed E-state index contributed by atoms with van der Waals surface area (Å²) in [6.45, 7) is 9.33. The molecule has 14 heavy (non-hydrogen) atoms. The Morgan fingerprint density at radius 1 is 1.50 bits per heavy atom. The van der Waals surface area contributed by atoms with Crippen LogP contribution in [-0.4, -0.2) is 0 Å². The van der Waals surface area contributed by atoms with Gasteiger partial charge in [0.15, 0.2) is 0 Å². The van der Waals surface area contributed by atoms with E-state index in [1.54, 1.807) is 0 Å². The quantitative estimate of drug-likeness (QED) is 0.593. The van der Waals surface area contributed by atoms with Crippen LogP contribution in [0.5, 0.6) is 0 Å². The highest BCUT2D eigenvalue weighted by Gasteiger charge is 2.12. The van der Waals surface area contributed by atoms with Crippen LogP contribution >= 0.6 is 11.6 Å². The lowest BCUT2D eigenvalue weighted by atomic mass is 10.1. The van der Waals surface area contributed by atoms with E-state index in [1.165, 1.54) is 0 Å². The molecule has 0 nitrogen and oxygen atoms in total. The van der Waals surface area contributed by atoms with E-state index in [0.29, 0.717) is 5.03 Å². The van der Waals surface area contributed by atoms with Gasteiger partial charge in [0.25, 0.3) is 0 Å². The van der Waals surface area contributed by atoms with E-state index in [0.717, 1.165) is 16.7 Å². The maximum absolute atomic E-state index is 5.95. The van der Waals surface area contributed by atoms with Crippen LogP contribution in [0.1, 0.15) is 6.92 Å². The van der Waals surface area contributed by atoms with E-state index in [9.17, 15) is 0 Å². The molecule has 0 N–H and O–H groups in total. The van der Waals surface area contributed by atoms with Crippen molar-refractivity contribution >= 4 is 11.6 Å². The molecule has 0 heterocycles. The predicted octanol–water partition coefficient (Wildman–Crippen LogP) is 4.05. The smallest absolute Gasteiger partial charge is 0.0897 e. The molecule has 0 saturated heterocycles. The molecule has 1 rings (SSSR count).